The molecule has 0 aromatic carbocycles. The predicted octanol–water partition coefficient (Wildman–Crippen LogP) is 1.88. The molecule has 1 rings (SSSR count). The number of rotatable bonds is 4. The molecular formula is C13H26N2O. The van der Waals surface area contributed by atoms with Gasteiger partial charge >= 0.3 is 0 Å². The molecule has 3 heteroatoms. The van der Waals surface area contributed by atoms with E-state index in [1.807, 2.05) is 11.9 Å². The van der Waals surface area contributed by atoms with Gasteiger partial charge in [-0.25, -0.2) is 0 Å². The van der Waals surface area contributed by atoms with Crippen molar-refractivity contribution in [2.45, 2.75) is 46.1 Å². The van der Waals surface area contributed by atoms with E-state index in [0.717, 1.165) is 19.5 Å². The number of likely N-dealkylation sites (N-methyl/N-ethyl adjacent to an activating group) is 1. The number of nitrogens with zero attached hydrogens (tertiary/aromatic N) is 1. The van der Waals surface area contributed by atoms with E-state index >= 15 is 0 Å². The molecule has 1 aliphatic rings. The van der Waals surface area contributed by atoms with Crippen LogP contribution in [0.2, 0.25) is 0 Å². The van der Waals surface area contributed by atoms with Crippen molar-refractivity contribution in [1.29, 1.82) is 0 Å². The van der Waals surface area contributed by atoms with Gasteiger partial charge in [0.1, 0.15) is 0 Å². The highest BCUT2D eigenvalue weighted by molar-refractivity contribution is 5.82. The summed E-state index contributed by atoms with van der Waals surface area (Å²) < 4.78 is 0. The zero-order chi connectivity index (χ0) is 12.1. The van der Waals surface area contributed by atoms with Gasteiger partial charge in [0, 0.05) is 13.6 Å². The highest BCUT2D eigenvalue weighted by Crippen LogP contribution is 2.17. The summed E-state index contributed by atoms with van der Waals surface area (Å²) in [5, 5.41) is 3.35. The molecule has 0 aromatic rings. The highest BCUT2D eigenvalue weighted by Gasteiger charge is 2.29. The average Bonchev–Trinajstić information content (AvgIpc) is 2.25. The van der Waals surface area contributed by atoms with Crippen LogP contribution < -0.4 is 5.32 Å². The molecule has 0 radical (unpaired) electrons. The Morgan fingerprint density at radius 3 is 2.75 bits per heavy atom. The molecule has 94 valence electrons. The summed E-state index contributed by atoms with van der Waals surface area (Å²) in [6, 6.07) is 0.0471. The number of hydrogen-bond acceptors (Lipinski definition) is 2. The van der Waals surface area contributed by atoms with Gasteiger partial charge in [-0.15, -0.1) is 0 Å². The number of carbonyl (C=O) groups is 1. The third-order valence-corrected chi connectivity index (χ3v) is 3.45. The molecule has 0 aliphatic carbocycles. The average molecular weight is 226 g/mol. The first-order valence-corrected chi connectivity index (χ1v) is 6.50. The van der Waals surface area contributed by atoms with Gasteiger partial charge in [-0.1, -0.05) is 20.8 Å². The molecule has 2 unspecified atom stereocenters. The lowest BCUT2D eigenvalue weighted by Crippen LogP contribution is -2.51. The molecule has 1 saturated heterocycles. The lowest BCUT2D eigenvalue weighted by atomic mass is 9.92. The van der Waals surface area contributed by atoms with Crippen molar-refractivity contribution in [3.8, 4) is 0 Å². The number of hydrogen-bond donors (Lipinski definition) is 1. The summed E-state index contributed by atoms with van der Waals surface area (Å²) in [6.07, 6.45) is 3.45. The van der Waals surface area contributed by atoms with E-state index in [1.165, 1.54) is 12.8 Å². The van der Waals surface area contributed by atoms with Gasteiger partial charge in [-0.3, -0.25) is 4.79 Å². The van der Waals surface area contributed by atoms with E-state index in [1.54, 1.807) is 0 Å². The van der Waals surface area contributed by atoms with Crippen LogP contribution in [0.1, 0.15) is 40.0 Å². The Bertz CT molecular complexity index is 228. The van der Waals surface area contributed by atoms with Gasteiger partial charge in [-0.2, -0.15) is 0 Å². The van der Waals surface area contributed by atoms with E-state index in [0.29, 0.717) is 11.8 Å². The second kappa shape index (κ2) is 6.24. The SMILES string of the molecule is CC(C)CCN(C)C(=O)C1NCCCC1C. The van der Waals surface area contributed by atoms with Gasteiger partial charge in [0.25, 0.3) is 0 Å². The first-order chi connectivity index (χ1) is 7.52. The zero-order valence-electron chi connectivity index (χ0n) is 11.1. The number of nitrogens with one attached hydrogen (secondary N) is 1. The molecule has 1 fully saturated rings. The fraction of sp³-hybridized carbons (Fsp3) is 0.923. The topological polar surface area (TPSA) is 32.3 Å². The van der Waals surface area contributed by atoms with Crippen LogP contribution in [0.15, 0.2) is 0 Å². The van der Waals surface area contributed by atoms with Gasteiger partial charge in [-0.05, 0) is 37.6 Å². The van der Waals surface area contributed by atoms with Gasteiger partial charge in [0.15, 0.2) is 0 Å². The number of carbonyl (C=O) groups excluding carboxylic acids is 1. The molecule has 1 heterocycles. The van der Waals surface area contributed by atoms with Gasteiger partial charge < -0.3 is 10.2 Å². The molecule has 0 spiro atoms. The predicted molar refractivity (Wildman–Crippen MR) is 67.3 cm³/mol. The van der Waals surface area contributed by atoms with Crippen molar-refractivity contribution < 1.29 is 4.79 Å². The summed E-state index contributed by atoms with van der Waals surface area (Å²) >= 11 is 0. The van der Waals surface area contributed by atoms with Crippen LogP contribution in [-0.4, -0.2) is 37.0 Å². The van der Waals surface area contributed by atoms with Gasteiger partial charge in [0.05, 0.1) is 6.04 Å². The Morgan fingerprint density at radius 1 is 1.50 bits per heavy atom. The smallest absolute Gasteiger partial charge is 0.239 e. The van der Waals surface area contributed by atoms with E-state index in [2.05, 4.69) is 26.1 Å². The normalized spacial score (nSPS) is 25.8. The van der Waals surface area contributed by atoms with Crippen LogP contribution >= 0.6 is 0 Å². The third-order valence-electron chi connectivity index (χ3n) is 3.45. The molecule has 1 N–H and O–H groups in total. The Hall–Kier alpha value is -0.570. The van der Waals surface area contributed by atoms with E-state index < -0.39 is 0 Å². The second-order valence-electron chi connectivity index (χ2n) is 5.49. The fourth-order valence-corrected chi connectivity index (χ4v) is 2.18. The largest absolute Gasteiger partial charge is 0.344 e. The first-order valence-electron chi connectivity index (χ1n) is 6.50. The molecule has 0 aromatic heterocycles. The molecule has 2 atom stereocenters. The quantitative estimate of drug-likeness (QED) is 0.794. The van der Waals surface area contributed by atoms with Crippen molar-refractivity contribution in [2.24, 2.45) is 11.8 Å². The Balaban J connectivity index is 2.42. The lowest BCUT2D eigenvalue weighted by molar-refractivity contribution is -0.134. The minimum absolute atomic E-state index is 0.0471. The molecule has 1 amide bonds. The van der Waals surface area contributed by atoms with Crippen molar-refractivity contribution in [2.75, 3.05) is 20.1 Å². The molecule has 1 aliphatic heterocycles. The van der Waals surface area contributed by atoms with Crippen LogP contribution in [0, 0.1) is 11.8 Å². The van der Waals surface area contributed by atoms with E-state index in [4.69, 9.17) is 0 Å². The Morgan fingerprint density at radius 2 is 2.19 bits per heavy atom. The highest BCUT2D eigenvalue weighted by atomic mass is 16.2. The molecule has 16 heavy (non-hydrogen) atoms. The minimum atomic E-state index is 0.0471. The van der Waals surface area contributed by atoms with Crippen molar-refractivity contribution >= 4 is 5.91 Å². The summed E-state index contributed by atoms with van der Waals surface area (Å²) in [5.74, 6) is 1.41. The van der Waals surface area contributed by atoms with Crippen LogP contribution in [0.3, 0.4) is 0 Å². The van der Waals surface area contributed by atoms with Crippen LogP contribution in [0.5, 0.6) is 0 Å². The number of amides is 1. The Labute approximate surface area is 99.6 Å². The maximum absolute atomic E-state index is 12.2. The summed E-state index contributed by atoms with van der Waals surface area (Å²) in [4.78, 5) is 14.1. The molecule has 3 nitrogen and oxygen atoms in total. The summed E-state index contributed by atoms with van der Waals surface area (Å²) in [7, 11) is 1.92. The molecule has 0 saturated carbocycles. The Kier molecular flexibility index (Phi) is 5.26. The maximum atomic E-state index is 12.2. The zero-order valence-corrected chi connectivity index (χ0v) is 11.1. The van der Waals surface area contributed by atoms with Crippen LogP contribution in [-0.2, 0) is 4.79 Å². The van der Waals surface area contributed by atoms with E-state index in [9.17, 15) is 4.79 Å². The third kappa shape index (κ3) is 3.78. The maximum Gasteiger partial charge on any atom is 0.239 e. The standard InChI is InChI=1S/C13H26N2O/c1-10(2)7-9-15(4)13(16)12-11(3)6-5-8-14-12/h10-12,14H,5-9H2,1-4H3. The molecular weight excluding hydrogens is 200 g/mol. The number of piperidine rings is 1. The second-order valence-corrected chi connectivity index (χ2v) is 5.49. The van der Waals surface area contributed by atoms with Crippen molar-refractivity contribution in [3.63, 3.8) is 0 Å². The summed E-state index contributed by atoms with van der Waals surface area (Å²) in [5.41, 5.74) is 0. The fourth-order valence-electron chi connectivity index (χ4n) is 2.18. The lowest BCUT2D eigenvalue weighted by Gasteiger charge is -2.32. The van der Waals surface area contributed by atoms with Crippen LogP contribution in [0.4, 0.5) is 0 Å². The van der Waals surface area contributed by atoms with Crippen LogP contribution in [0.25, 0.3) is 0 Å². The van der Waals surface area contributed by atoms with E-state index in [-0.39, 0.29) is 11.9 Å². The van der Waals surface area contributed by atoms with Crippen molar-refractivity contribution in [1.82, 2.24) is 10.2 Å². The summed E-state index contributed by atoms with van der Waals surface area (Å²) in [6.45, 7) is 8.42. The van der Waals surface area contributed by atoms with Gasteiger partial charge in [0.2, 0.25) is 5.91 Å². The monoisotopic (exact) mass is 226 g/mol. The van der Waals surface area contributed by atoms with Crippen molar-refractivity contribution in [3.05, 3.63) is 0 Å². The molecule has 0 bridgehead atoms. The minimum Gasteiger partial charge on any atom is -0.344 e. The first kappa shape index (κ1) is 13.5.